The maximum absolute atomic E-state index is 14.9. The fourth-order valence-corrected chi connectivity index (χ4v) is 3.34. The molecule has 0 aliphatic carbocycles. The molecule has 4 aromatic rings. The van der Waals surface area contributed by atoms with E-state index in [9.17, 15) is 57.1 Å². The Morgan fingerprint density at radius 3 is 1.18 bits per heavy atom. The van der Waals surface area contributed by atoms with E-state index in [0.717, 1.165) is 0 Å². The molecule has 0 fully saturated rings. The zero-order valence-electron chi connectivity index (χ0n) is 15.0. The van der Waals surface area contributed by atoms with Crippen molar-refractivity contribution in [2.24, 2.45) is 0 Å². The predicted octanol–water partition coefficient (Wildman–Crippen LogP) is 7.47. The van der Waals surface area contributed by atoms with E-state index >= 15 is 0 Å². The average molecular weight is 488 g/mol. The van der Waals surface area contributed by atoms with Gasteiger partial charge in [0.25, 0.3) is 0 Å². The van der Waals surface area contributed by atoms with Gasteiger partial charge in [-0.05, 0) is 6.07 Å². The van der Waals surface area contributed by atoms with Crippen LogP contribution in [0.25, 0.3) is 32.7 Å². The summed E-state index contributed by atoms with van der Waals surface area (Å²) in [5, 5.41) is -7.59. The Hall–Kier alpha value is -3.51. The summed E-state index contributed by atoms with van der Waals surface area (Å²) in [5.41, 5.74) is -3.92. The Bertz CT molecular complexity index is 1540. The highest BCUT2D eigenvalue weighted by atomic mass is 19.2. The van der Waals surface area contributed by atoms with Crippen molar-refractivity contribution in [3.8, 4) is 11.1 Å². The van der Waals surface area contributed by atoms with Crippen LogP contribution in [-0.4, -0.2) is 0 Å². The van der Waals surface area contributed by atoms with Crippen molar-refractivity contribution in [1.29, 1.82) is 0 Å². The quantitative estimate of drug-likeness (QED) is 0.148. The lowest BCUT2D eigenvalue weighted by Gasteiger charge is -2.15. The number of rotatable bonds is 1. The highest BCUT2D eigenvalue weighted by Gasteiger charge is 2.34. The molecule has 0 nitrogen and oxygen atoms in total. The van der Waals surface area contributed by atoms with Gasteiger partial charge in [-0.25, -0.2) is 57.1 Å². The molecule has 0 heterocycles. The molecule has 0 aliphatic rings. The second-order valence-electron chi connectivity index (χ2n) is 6.55. The van der Waals surface area contributed by atoms with E-state index in [2.05, 4.69) is 0 Å². The van der Waals surface area contributed by atoms with E-state index in [1.165, 1.54) is 0 Å². The molecule has 0 aromatic heterocycles. The summed E-state index contributed by atoms with van der Waals surface area (Å²) in [7, 11) is 0. The molecule has 4 aromatic carbocycles. The van der Waals surface area contributed by atoms with Crippen LogP contribution >= 0.6 is 0 Å². The van der Waals surface area contributed by atoms with E-state index in [1.807, 2.05) is 0 Å². The Kier molecular flexibility index (Phi) is 4.98. The maximum Gasteiger partial charge on any atom is 0.198 e. The Labute approximate surface area is 172 Å². The molecule has 0 N–H and O–H groups in total. The zero-order chi connectivity index (χ0) is 24.7. The number of benzene rings is 4. The standard InChI is InChI=1S/C20HF13/c21-8-2(1-3-5(11(8)24)13(26)18(31)17(30)9(3)22)4-10(23)6-7(14(27)12(4)25)16(29)20(33)19(32)15(6)28/h1H. The maximum atomic E-state index is 14.9. The van der Waals surface area contributed by atoms with Gasteiger partial charge in [-0.1, -0.05) is 0 Å². The molecule has 0 spiro atoms. The predicted molar refractivity (Wildman–Crippen MR) is 86.3 cm³/mol. The highest BCUT2D eigenvalue weighted by Crippen LogP contribution is 2.42. The second-order valence-corrected chi connectivity index (χ2v) is 6.55. The summed E-state index contributed by atoms with van der Waals surface area (Å²) in [6.07, 6.45) is 0. The van der Waals surface area contributed by atoms with Gasteiger partial charge in [-0.3, -0.25) is 0 Å². The van der Waals surface area contributed by atoms with Crippen LogP contribution < -0.4 is 0 Å². The summed E-state index contributed by atoms with van der Waals surface area (Å²) in [4.78, 5) is 0. The first-order chi connectivity index (χ1) is 15.3. The third-order valence-electron chi connectivity index (χ3n) is 4.85. The van der Waals surface area contributed by atoms with Crippen LogP contribution in [0, 0.1) is 75.6 Å². The Morgan fingerprint density at radius 1 is 0.303 bits per heavy atom. The Balaban J connectivity index is 2.26. The van der Waals surface area contributed by atoms with Gasteiger partial charge >= 0.3 is 0 Å². The van der Waals surface area contributed by atoms with Crippen LogP contribution in [0.15, 0.2) is 6.07 Å². The normalized spacial score (nSPS) is 11.8. The molecule has 13 heteroatoms. The lowest BCUT2D eigenvalue weighted by molar-refractivity contribution is 0.412. The monoisotopic (exact) mass is 488 g/mol. The van der Waals surface area contributed by atoms with Crippen molar-refractivity contribution in [2.75, 3.05) is 0 Å². The van der Waals surface area contributed by atoms with E-state index in [-0.39, 0.29) is 6.07 Å². The van der Waals surface area contributed by atoms with Gasteiger partial charge in [0.15, 0.2) is 69.8 Å². The molecule has 0 unspecified atom stereocenters. The number of hydrogen-bond acceptors (Lipinski definition) is 0. The number of halogens is 13. The van der Waals surface area contributed by atoms with E-state index in [1.54, 1.807) is 0 Å². The van der Waals surface area contributed by atoms with Crippen molar-refractivity contribution < 1.29 is 57.1 Å². The van der Waals surface area contributed by atoms with Crippen LogP contribution in [0.1, 0.15) is 0 Å². The van der Waals surface area contributed by atoms with Crippen molar-refractivity contribution in [1.82, 2.24) is 0 Å². The van der Waals surface area contributed by atoms with Crippen molar-refractivity contribution in [3.05, 3.63) is 81.7 Å². The minimum atomic E-state index is -2.67. The summed E-state index contributed by atoms with van der Waals surface area (Å²) < 4.78 is 182. The van der Waals surface area contributed by atoms with Gasteiger partial charge in [0.1, 0.15) is 5.82 Å². The second kappa shape index (κ2) is 7.25. The molecule has 0 saturated heterocycles. The largest absolute Gasteiger partial charge is 0.205 e. The third-order valence-corrected chi connectivity index (χ3v) is 4.85. The molecule has 0 atom stereocenters. The van der Waals surface area contributed by atoms with Crippen molar-refractivity contribution in [3.63, 3.8) is 0 Å². The zero-order valence-corrected chi connectivity index (χ0v) is 15.0. The van der Waals surface area contributed by atoms with Gasteiger partial charge in [0, 0.05) is 10.9 Å². The summed E-state index contributed by atoms with van der Waals surface area (Å²) in [6, 6.07) is -0.171. The fraction of sp³-hybridized carbons (Fsp3) is 0. The Morgan fingerprint density at radius 2 is 0.667 bits per heavy atom. The number of hydrogen-bond donors (Lipinski definition) is 0. The first-order valence-corrected chi connectivity index (χ1v) is 8.28. The summed E-state index contributed by atoms with van der Waals surface area (Å²) in [6.45, 7) is 0. The molecule has 0 aliphatic heterocycles. The topological polar surface area (TPSA) is 0 Å². The molecule has 0 bridgehead atoms. The van der Waals surface area contributed by atoms with Crippen LogP contribution in [0.4, 0.5) is 57.1 Å². The summed E-state index contributed by atoms with van der Waals surface area (Å²) >= 11 is 0. The lowest BCUT2D eigenvalue weighted by atomic mass is 9.94. The van der Waals surface area contributed by atoms with E-state index < -0.39 is 108 Å². The minimum absolute atomic E-state index is 0.171. The number of fused-ring (bicyclic) bond motifs is 2. The third kappa shape index (κ3) is 2.80. The molecular weight excluding hydrogens is 487 g/mol. The molecule has 0 saturated carbocycles. The first kappa shape index (κ1) is 22.7. The van der Waals surface area contributed by atoms with Crippen LogP contribution in [0.5, 0.6) is 0 Å². The van der Waals surface area contributed by atoms with Gasteiger partial charge in [-0.2, -0.15) is 0 Å². The van der Waals surface area contributed by atoms with Gasteiger partial charge in [-0.15, -0.1) is 0 Å². The average Bonchev–Trinajstić information content (AvgIpc) is 2.78. The van der Waals surface area contributed by atoms with Crippen LogP contribution in [0.3, 0.4) is 0 Å². The lowest BCUT2D eigenvalue weighted by Crippen LogP contribution is -2.08. The molecule has 0 amide bonds. The van der Waals surface area contributed by atoms with Crippen LogP contribution in [0.2, 0.25) is 0 Å². The fourth-order valence-electron chi connectivity index (χ4n) is 3.34. The summed E-state index contributed by atoms with van der Waals surface area (Å²) in [5.74, 6) is -33.0. The van der Waals surface area contributed by atoms with Gasteiger partial charge in [0.2, 0.25) is 0 Å². The smallest absolute Gasteiger partial charge is 0.198 e. The highest BCUT2D eigenvalue weighted by molar-refractivity contribution is 5.94. The van der Waals surface area contributed by atoms with Crippen LogP contribution in [-0.2, 0) is 0 Å². The minimum Gasteiger partial charge on any atom is -0.205 e. The molecular formula is C20HF13. The van der Waals surface area contributed by atoms with Gasteiger partial charge in [0.05, 0.1) is 21.7 Å². The van der Waals surface area contributed by atoms with Gasteiger partial charge < -0.3 is 0 Å². The first-order valence-electron chi connectivity index (χ1n) is 8.28. The van der Waals surface area contributed by atoms with E-state index in [4.69, 9.17) is 0 Å². The molecule has 4 rings (SSSR count). The SMILES string of the molecule is Fc1c(F)c(F)c2c(F)c(F)c(-c3c(F)c(F)c4c(F)c(F)c(F)c(F)c4c3F)cc2c1F. The van der Waals surface area contributed by atoms with Crippen molar-refractivity contribution >= 4 is 21.5 Å². The molecule has 33 heavy (non-hydrogen) atoms. The van der Waals surface area contributed by atoms with Crippen molar-refractivity contribution in [2.45, 2.75) is 0 Å². The molecule has 172 valence electrons. The van der Waals surface area contributed by atoms with E-state index in [0.29, 0.717) is 0 Å². The molecule has 0 radical (unpaired) electrons.